The topological polar surface area (TPSA) is 244 Å². The van der Waals surface area contributed by atoms with Crippen molar-refractivity contribution in [1.29, 1.82) is 0 Å². The number of nitrogens with one attached hydrogen (secondary N) is 1. The molecule has 1 aromatic heterocycles. The van der Waals surface area contributed by atoms with E-state index in [4.69, 9.17) is 19.4 Å². The highest BCUT2D eigenvalue weighted by Crippen LogP contribution is 2.66. The Morgan fingerprint density at radius 2 is 1.80 bits per heavy atom. The molecule has 2 rings (SSSR count). The molecule has 20 heteroatoms. The van der Waals surface area contributed by atoms with Crippen LogP contribution in [0.1, 0.15) is 13.2 Å². The van der Waals surface area contributed by atoms with Crippen molar-refractivity contribution in [2.75, 3.05) is 6.61 Å². The van der Waals surface area contributed by atoms with Crippen molar-refractivity contribution >= 4 is 23.5 Å². The highest BCUT2D eigenvalue weighted by atomic mass is 31.3. The van der Waals surface area contributed by atoms with Crippen LogP contribution in [-0.4, -0.2) is 58.7 Å². The first-order valence-corrected chi connectivity index (χ1v) is 12.1. The summed E-state index contributed by atoms with van der Waals surface area (Å²) >= 11 is 0. The van der Waals surface area contributed by atoms with Crippen LogP contribution in [0.2, 0.25) is 0 Å². The van der Waals surface area contributed by atoms with Gasteiger partial charge in [0, 0.05) is 12.3 Å². The molecule has 0 aliphatic carbocycles. The first kappa shape index (κ1) is 25.2. The normalized spacial score (nSPS) is 31.2. The molecule has 4 unspecified atom stereocenters. The summed E-state index contributed by atoms with van der Waals surface area (Å²) in [6.07, 6.45) is -4.73. The van der Waals surface area contributed by atoms with Crippen LogP contribution in [-0.2, 0) is 31.6 Å². The lowest BCUT2D eigenvalue weighted by molar-refractivity contribution is -0.0604. The number of ether oxygens (including phenoxy) is 1. The van der Waals surface area contributed by atoms with Crippen LogP contribution in [0.3, 0.4) is 0 Å². The first-order chi connectivity index (χ1) is 13.4. The number of aliphatic hydroxyl groups excluding tert-OH is 1. The van der Waals surface area contributed by atoms with Crippen molar-refractivity contribution in [3.05, 3.63) is 33.1 Å². The summed E-state index contributed by atoms with van der Waals surface area (Å²) in [4.78, 5) is 60.1. The predicted octanol–water partition coefficient (Wildman–Crippen LogP) is -1.13. The lowest BCUT2D eigenvalue weighted by Gasteiger charge is -2.24. The van der Waals surface area contributed by atoms with E-state index in [0.717, 1.165) is 19.2 Å². The zero-order valence-electron chi connectivity index (χ0n) is 14.7. The van der Waals surface area contributed by atoms with Crippen LogP contribution in [0.15, 0.2) is 21.9 Å². The van der Waals surface area contributed by atoms with Gasteiger partial charge >= 0.3 is 29.2 Å². The largest absolute Gasteiger partial charge is 0.490 e. The highest BCUT2D eigenvalue weighted by Gasteiger charge is 2.56. The number of rotatable bonds is 8. The average Bonchev–Trinajstić information content (AvgIpc) is 2.73. The standard InChI is InChI=1S/C10H16FN2O14P3/c1-10(11)7(15)5(25-8(10)13-3-2-6(14)12-9(13)16)4-24-29(20,21)27-30(22,23)26-28(17,18)19/h2-3,5,7-8,15H,4H2,1H3,(H,20,21)(H,22,23)(H,12,14,16)(H2,17,18,19)/t5?,7-,8+,10?/m0/s1. The van der Waals surface area contributed by atoms with Crippen LogP contribution in [0, 0.1) is 0 Å². The molecule has 6 N–H and O–H groups in total. The molecule has 16 nitrogen and oxygen atoms in total. The van der Waals surface area contributed by atoms with E-state index in [0.29, 0.717) is 4.57 Å². The SMILES string of the molecule is CC1(F)[C@@H](O)C(COP(=O)(O)OP(=O)(O)OP(=O)(O)O)O[C@H]1n1ccc(=O)[nH]c1=O. The van der Waals surface area contributed by atoms with Crippen LogP contribution in [0.25, 0.3) is 0 Å². The smallest absolute Gasteiger partial charge is 0.387 e. The number of alkyl halides is 1. The zero-order valence-corrected chi connectivity index (χ0v) is 17.4. The number of phosphoric acid groups is 3. The predicted molar refractivity (Wildman–Crippen MR) is 90.6 cm³/mol. The van der Waals surface area contributed by atoms with E-state index in [1.807, 2.05) is 4.98 Å². The minimum absolute atomic E-state index is 0.593. The second-order valence-electron chi connectivity index (χ2n) is 6.03. The van der Waals surface area contributed by atoms with E-state index >= 15 is 0 Å². The van der Waals surface area contributed by atoms with E-state index in [1.165, 1.54) is 0 Å². The van der Waals surface area contributed by atoms with Crippen LogP contribution >= 0.6 is 23.5 Å². The van der Waals surface area contributed by atoms with Gasteiger partial charge in [-0.05, 0) is 6.92 Å². The van der Waals surface area contributed by atoms with Gasteiger partial charge in [-0.1, -0.05) is 0 Å². The van der Waals surface area contributed by atoms with Gasteiger partial charge in [0.15, 0.2) is 11.9 Å². The average molecular weight is 500 g/mol. The van der Waals surface area contributed by atoms with E-state index < -0.39 is 65.4 Å². The lowest BCUT2D eigenvalue weighted by atomic mass is 9.98. The number of H-pyrrole nitrogens is 1. The fourth-order valence-electron chi connectivity index (χ4n) is 2.43. The summed E-state index contributed by atoms with van der Waals surface area (Å²) in [7, 11) is -16.9. The Morgan fingerprint density at radius 3 is 2.33 bits per heavy atom. The molecule has 2 heterocycles. The van der Waals surface area contributed by atoms with Crippen molar-refractivity contribution in [3.8, 4) is 0 Å². The molecule has 0 radical (unpaired) electrons. The summed E-state index contributed by atoms with van der Waals surface area (Å²) < 4.78 is 65.4. The Morgan fingerprint density at radius 1 is 1.20 bits per heavy atom. The third-order valence-corrected chi connectivity index (χ3v) is 7.44. The lowest BCUT2D eigenvalue weighted by Crippen LogP contribution is -2.43. The monoisotopic (exact) mass is 500 g/mol. The molecule has 1 aromatic rings. The van der Waals surface area contributed by atoms with Gasteiger partial charge in [-0.15, -0.1) is 0 Å². The Hall–Kier alpha value is -1.06. The summed E-state index contributed by atoms with van der Waals surface area (Å²) in [6.45, 7) is -0.316. The van der Waals surface area contributed by atoms with Crippen LogP contribution in [0.4, 0.5) is 4.39 Å². The van der Waals surface area contributed by atoms with Crippen LogP contribution in [0.5, 0.6) is 0 Å². The molecule has 6 atom stereocenters. The summed E-state index contributed by atoms with van der Waals surface area (Å²) in [5.41, 5.74) is -4.55. The van der Waals surface area contributed by atoms with Crippen LogP contribution < -0.4 is 11.2 Å². The molecule has 0 aromatic carbocycles. The maximum Gasteiger partial charge on any atom is 0.490 e. The highest BCUT2D eigenvalue weighted by molar-refractivity contribution is 7.66. The van der Waals surface area contributed by atoms with Gasteiger partial charge in [0.1, 0.15) is 12.2 Å². The van der Waals surface area contributed by atoms with Crippen molar-refractivity contribution in [2.24, 2.45) is 0 Å². The molecule has 0 spiro atoms. The number of hydrogen-bond acceptors (Lipinski definition) is 10. The van der Waals surface area contributed by atoms with Crippen molar-refractivity contribution < 1.29 is 60.6 Å². The van der Waals surface area contributed by atoms with Gasteiger partial charge < -0.3 is 29.4 Å². The second kappa shape index (κ2) is 8.47. The molecular weight excluding hydrogens is 484 g/mol. The Bertz CT molecular complexity index is 1050. The van der Waals surface area contributed by atoms with Gasteiger partial charge in [0.05, 0.1) is 6.61 Å². The molecular formula is C10H16FN2O14P3. The molecule has 0 saturated carbocycles. The maximum absolute atomic E-state index is 14.9. The molecule has 1 aliphatic heterocycles. The van der Waals surface area contributed by atoms with Gasteiger partial charge in [0.25, 0.3) is 5.56 Å². The molecule has 0 amide bonds. The van der Waals surface area contributed by atoms with Gasteiger partial charge in [-0.2, -0.15) is 8.62 Å². The molecule has 1 aliphatic rings. The number of aromatic nitrogens is 2. The van der Waals surface area contributed by atoms with Gasteiger partial charge in [-0.3, -0.25) is 18.9 Å². The van der Waals surface area contributed by atoms with Crippen molar-refractivity contribution in [2.45, 2.75) is 31.0 Å². The van der Waals surface area contributed by atoms with Gasteiger partial charge in [0.2, 0.25) is 0 Å². The van der Waals surface area contributed by atoms with E-state index in [9.17, 15) is 37.7 Å². The van der Waals surface area contributed by atoms with E-state index in [2.05, 4.69) is 13.1 Å². The third-order valence-electron chi connectivity index (χ3n) is 3.64. The fourth-order valence-corrected chi connectivity index (χ4v) is 5.46. The Kier molecular flexibility index (Phi) is 7.11. The summed E-state index contributed by atoms with van der Waals surface area (Å²) in [5.74, 6) is 0. The minimum atomic E-state index is -5.77. The molecule has 0 bridgehead atoms. The molecule has 1 fully saturated rings. The molecule has 172 valence electrons. The summed E-state index contributed by atoms with van der Waals surface area (Å²) in [6, 6.07) is 0.868. The first-order valence-electron chi connectivity index (χ1n) is 7.56. The number of aromatic amines is 1. The van der Waals surface area contributed by atoms with Crippen molar-refractivity contribution in [3.63, 3.8) is 0 Å². The number of hydrogen-bond donors (Lipinski definition) is 6. The Labute approximate surface area is 165 Å². The fraction of sp³-hybridized carbons (Fsp3) is 0.600. The second-order valence-corrected chi connectivity index (χ2v) is 10.4. The number of halogens is 1. The quantitative estimate of drug-likeness (QED) is 0.231. The molecule has 30 heavy (non-hydrogen) atoms. The molecule has 1 saturated heterocycles. The number of phosphoric ester groups is 1. The third kappa shape index (κ3) is 6.23. The summed E-state index contributed by atoms with van der Waals surface area (Å²) in [5, 5.41) is 10.1. The van der Waals surface area contributed by atoms with Gasteiger partial charge in [-0.25, -0.2) is 22.9 Å². The maximum atomic E-state index is 14.9. The van der Waals surface area contributed by atoms with Crippen molar-refractivity contribution in [1.82, 2.24) is 9.55 Å². The Balaban J connectivity index is 2.13. The van der Waals surface area contributed by atoms with E-state index in [-0.39, 0.29) is 0 Å². The number of aliphatic hydroxyl groups is 1. The zero-order chi connectivity index (χ0) is 23.1. The minimum Gasteiger partial charge on any atom is -0.387 e. The van der Waals surface area contributed by atoms with E-state index in [1.54, 1.807) is 0 Å². The number of nitrogens with zero attached hydrogens (tertiary/aromatic N) is 1.